The van der Waals surface area contributed by atoms with E-state index in [0.717, 1.165) is 42.9 Å². The summed E-state index contributed by atoms with van der Waals surface area (Å²) in [6.07, 6.45) is 4.67. The highest BCUT2D eigenvalue weighted by Crippen LogP contribution is 2.19. The second-order valence-corrected chi connectivity index (χ2v) is 7.61. The van der Waals surface area contributed by atoms with E-state index < -0.39 is 0 Å². The number of carbonyl (C=O) groups is 1. The number of hydrogen-bond acceptors (Lipinski definition) is 5. The first-order chi connectivity index (χ1) is 14.1. The standard InChI is InChI=1S/C22H27N5O2/c1-16-20(17(2)27-22(25-16)23-15-24-27)8-9-21(28)26-12-10-19(11-13-26)29-14-18-6-4-3-5-7-18/h3-7,15,19H,8-14H2,1-2H3. The zero-order chi connectivity index (χ0) is 20.2. The molecule has 7 heteroatoms. The number of aryl methyl sites for hydroxylation is 2. The number of carbonyl (C=O) groups excluding carboxylic acids is 1. The Balaban J connectivity index is 1.27. The Hall–Kier alpha value is -2.80. The van der Waals surface area contributed by atoms with E-state index in [1.807, 2.05) is 36.9 Å². The summed E-state index contributed by atoms with van der Waals surface area (Å²) in [5.74, 6) is 0.802. The van der Waals surface area contributed by atoms with Gasteiger partial charge in [-0.1, -0.05) is 30.3 Å². The molecule has 1 fully saturated rings. The molecule has 2 aromatic heterocycles. The number of rotatable bonds is 6. The quantitative estimate of drug-likeness (QED) is 0.644. The number of piperidine rings is 1. The molecule has 0 bridgehead atoms. The van der Waals surface area contributed by atoms with Gasteiger partial charge >= 0.3 is 0 Å². The number of fused-ring (bicyclic) bond motifs is 1. The van der Waals surface area contributed by atoms with Crippen molar-refractivity contribution in [2.24, 2.45) is 0 Å². The van der Waals surface area contributed by atoms with Crippen LogP contribution in [0.1, 0.15) is 41.8 Å². The van der Waals surface area contributed by atoms with Gasteiger partial charge in [0.15, 0.2) is 0 Å². The molecule has 1 saturated heterocycles. The summed E-state index contributed by atoms with van der Waals surface area (Å²) in [6, 6.07) is 10.2. The zero-order valence-electron chi connectivity index (χ0n) is 17.0. The van der Waals surface area contributed by atoms with Gasteiger partial charge < -0.3 is 9.64 Å². The Morgan fingerprint density at radius 1 is 1.17 bits per heavy atom. The van der Waals surface area contributed by atoms with E-state index in [0.29, 0.717) is 25.2 Å². The molecule has 1 aliphatic heterocycles. The van der Waals surface area contributed by atoms with Crippen LogP contribution in [0.2, 0.25) is 0 Å². The molecule has 1 aromatic carbocycles. The van der Waals surface area contributed by atoms with E-state index in [9.17, 15) is 4.79 Å². The highest BCUT2D eigenvalue weighted by atomic mass is 16.5. The predicted octanol–water partition coefficient (Wildman–Crippen LogP) is 2.88. The third-order valence-corrected chi connectivity index (χ3v) is 5.70. The average molecular weight is 393 g/mol. The summed E-state index contributed by atoms with van der Waals surface area (Å²) >= 11 is 0. The van der Waals surface area contributed by atoms with Gasteiger partial charge in [0.05, 0.1) is 12.7 Å². The number of amides is 1. The molecule has 1 aliphatic rings. The van der Waals surface area contributed by atoms with Gasteiger partial charge in [-0.2, -0.15) is 10.1 Å². The Bertz CT molecular complexity index is 978. The first-order valence-corrected chi connectivity index (χ1v) is 10.2. The monoisotopic (exact) mass is 393 g/mol. The lowest BCUT2D eigenvalue weighted by atomic mass is 10.0. The fourth-order valence-electron chi connectivity index (χ4n) is 3.97. The van der Waals surface area contributed by atoms with E-state index >= 15 is 0 Å². The molecule has 0 saturated carbocycles. The molecule has 0 unspecified atom stereocenters. The molecule has 0 spiro atoms. The van der Waals surface area contributed by atoms with E-state index in [1.54, 1.807) is 4.52 Å². The molecule has 3 heterocycles. The second kappa shape index (κ2) is 8.69. The fraction of sp³-hybridized carbons (Fsp3) is 0.455. The van der Waals surface area contributed by atoms with Gasteiger partial charge in [-0.05, 0) is 44.2 Å². The van der Waals surface area contributed by atoms with Crippen molar-refractivity contribution in [1.29, 1.82) is 0 Å². The topological polar surface area (TPSA) is 72.6 Å². The van der Waals surface area contributed by atoms with Crippen LogP contribution in [0.3, 0.4) is 0 Å². The number of nitrogens with zero attached hydrogens (tertiary/aromatic N) is 5. The molecule has 4 rings (SSSR count). The summed E-state index contributed by atoms with van der Waals surface area (Å²) in [4.78, 5) is 23.3. The van der Waals surface area contributed by atoms with Gasteiger partial charge in [-0.25, -0.2) is 9.50 Å². The molecule has 0 aliphatic carbocycles. The number of likely N-dealkylation sites (tertiary alicyclic amines) is 1. The summed E-state index contributed by atoms with van der Waals surface area (Å²) in [5.41, 5.74) is 4.20. The molecule has 0 atom stereocenters. The van der Waals surface area contributed by atoms with Crippen LogP contribution in [0.25, 0.3) is 5.78 Å². The third kappa shape index (κ3) is 4.45. The van der Waals surface area contributed by atoms with Gasteiger partial charge in [0.25, 0.3) is 5.78 Å². The molecule has 29 heavy (non-hydrogen) atoms. The fourth-order valence-corrected chi connectivity index (χ4v) is 3.97. The van der Waals surface area contributed by atoms with Crippen LogP contribution >= 0.6 is 0 Å². The molecule has 152 valence electrons. The van der Waals surface area contributed by atoms with Crippen molar-refractivity contribution in [3.8, 4) is 0 Å². The molecule has 0 N–H and O–H groups in total. The maximum absolute atomic E-state index is 12.7. The van der Waals surface area contributed by atoms with E-state index in [1.165, 1.54) is 11.9 Å². The Kier molecular flexibility index (Phi) is 5.85. The maximum Gasteiger partial charge on any atom is 0.252 e. The number of ether oxygens (including phenoxy) is 1. The lowest BCUT2D eigenvalue weighted by molar-refractivity contribution is -0.134. The Labute approximate surface area is 170 Å². The van der Waals surface area contributed by atoms with Gasteiger partial charge in [0.1, 0.15) is 6.33 Å². The minimum Gasteiger partial charge on any atom is -0.373 e. The van der Waals surface area contributed by atoms with Crippen molar-refractivity contribution in [1.82, 2.24) is 24.5 Å². The normalized spacial score (nSPS) is 15.2. The maximum atomic E-state index is 12.7. The second-order valence-electron chi connectivity index (χ2n) is 7.61. The third-order valence-electron chi connectivity index (χ3n) is 5.70. The minimum absolute atomic E-state index is 0.198. The van der Waals surface area contributed by atoms with Gasteiger partial charge in [0, 0.05) is 30.9 Å². The lowest BCUT2D eigenvalue weighted by Gasteiger charge is -2.32. The van der Waals surface area contributed by atoms with Crippen molar-refractivity contribution in [3.63, 3.8) is 0 Å². The Morgan fingerprint density at radius 2 is 1.93 bits per heavy atom. The van der Waals surface area contributed by atoms with Crippen molar-refractivity contribution in [2.45, 2.75) is 52.2 Å². The van der Waals surface area contributed by atoms with E-state index in [2.05, 4.69) is 27.2 Å². The smallest absolute Gasteiger partial charge is 0.252 e. The first kappa shape index (κ1) is 19.5. The van der Waals surface area contributed by atoms with Crippen LogP contribution in [0, 0.1) is 13.8 Å². The van der Waals surface area contributed by atoms with Crippen LogP contribution in [0.15, 0.2) is 36.7 Å². The summed E-state index contributed by atoms with van der Waals surface area (Å²) in [5, 5.41) is 4.22. The van der Waals surface area contributed by atoms with Crippen LogP contribution < -0.4 is 0 Å². The van der Waals surface area contributed by atoms with E-state index in [-0.39, 0.29) is 12.0 Å². The van der Waals surface area contributed by atoms with Crippen molar-refractivity contribution < 1.29 is 9.53 Å². The van der Waals surface area contributed by atoms with Crippen LogP contribution in [0.5, 0.6) is 0 Å². The van der Waals surface area contributed by atoms with Gasteiger partial charge in [-0.3, -0.25) is 4.79 Å². The molecule has 7 nitrogen and oxygen atoms in total. The van der Waals surface area contributed by atoms with Crippen molar-refractivity contribution in [2.75, 3.05) is 13.1 Å². The lowest BCUT2D eigenvalue weighted by Crippen LogP contribution is -2.41. The Morgan fingerprint density at radius 3 is 2.69 bits per heavy atom. The zero-order valence-corrected chi connectivity index (χ0v) is 17.0. The molecular formula is C22H27N5O2. The van der Waals surface area contributed by atoms with Crippen molar-refractivity contribution >= 4 is 11.7 Å². The largest absolute Gasteiger partial charge is 0.373 e. The SMILES string of the molecule is Cc1nc2ncnn2c(C)c1CCC(=O)N1CCC(OCc2ccccc2)CC1. The highest BCUT2D eigenvalue weighted by Gasteiger charge is 2.23. The van der Waals surface area contributed by atoms with Gasteiger partial charge in [0.2, 0.25) is 5.91 Å². The average Bonchev–Trinajstić information content (AvgIpc) is 3.21. The highest BCUT2D eigenvalue weighted by molar-refractivity contribution is 5.76. The van der Waals surface area contributed by atoms with E-state index in [4.69, 9.17) is 4.74 Å². The van der Waals surface area contributed by atoms with Crippen LogP contribution in [-0.2, 0) is 22.6 Å². The number of benzene rings is 1. The first-order valence-electron chi connectivity index (χ1n) is 10.2. The molecule has 3 aromatic rings. The van der Waals surface area contributed by atoms with Crippen LogP contribution in [-0.4, -0.2) is 49.6 Å². The number of aromatic nitrogens is 4. The number of hydrogen-bond donors (Lipinski definition) is 0. The molecule has 1 amide bonds. The summed E-state index contributed by atoms with van der Waals surface area (Å²) in [6.45, 7) is 6.13. The molecule has 0 radical (unpaired) electrons. The summed E-state index contributed by atoms with van der Waals surface area (Å²) < 4.78 is 7.77. The predicted molar refractivity (Wildman–Crippen MR) is 109 cm³/mol. The summed E-state index contributed by atoms with van der Waals surface area (Å²) in [7, 11) is 0. The van der Waals surface area contributed by atoms with Gasteiger partial charge in [-0.15, -0.1) is 0 Å². The molecular weight excluding hydrogens is 366 g/mol. The van der Waals surface area contributed by atoms with Crippen LogP contribution in [0.4, 0.5) is 0 Å². The minimum atomic E-state index is 0.198. The van der Waals surface area contributed by atoms with Crippen molar-refractivity contribution in [3.05, 3.63) is 59.2 Å².